The molecule has 3 aromatic rings. The van der Waals surface area contributed by atoms with E-state index < -0.39 is 0 Å². The van der Waals surface area contributed by atoms with E-state index in [4.69, 9.17) is 4.74 Å². The van der Waals surface area contributed by atoms with Crippen LogP contribution in [0.3, 0.4) is 0 Å². The third-order valence-corrected chi connectivity index (χ3v) is 5.28. The molecule has 0 N–H and O–H groups in total. The zero-order chi connectivity index (χ0) is 18.5. The van der Waals surface area contributed by atoms with Crippen LogP contribution in [0.15, 0.2) is 30.6 Å². The van der Waals surface area contributed by atoms with Gasteiger partial charge >= 0.3 is 0 Å². The third kappa shape index (κ3) is 2.56. The minimum absolute atomic E-state index is 0.0291. The molecule has 1 atom stereocenters. The monoisotopic (exact) mass is 364 g/mol. The smallest absolute Gasteiger partial charge is 0.254 e. The number of hydrogen-bond donors (Lipinski definition) is 0. The molecule has 2 aliphatic heterocycles. The van der Waals surface area contributed by atoms with Gasteiger partial charge in [-0.3, -0.25) is 9.48 Å². The Kier molecular flexibility index (Phi) is 3.61. The fraction of sp³-hybridized carbons (Fsp3) is 0.368. The van der Waals surface area contributed by atoms with Gasteiger partial charge in [0.25, 0.3) is 5.91 Å². The molecule has 8 heteroatoms. The SMILES string of the molecule is C[C@H]1CN(C(=O)c2cccc3c2COC3)Cc2nnc(-c3cnn(C)c3)n21. The van der Waals surface area contributed by atoms with Gasteiger partial charge in [-0.05, 0) is 24.1 Å². The topological polar surface area (TPSA) is 78.1 Å². The Morgan fingerprint density at radius 3 is 2.96 bits per heavy atom. The zero-order valence-corrected chi connectivity index (χ0v) is 15.3. The summed E-state index contributed by atoms with van der Waals surface area (Å²) in [5.41, 5.74) is 3.78. The number of aryl methyl sites for hydroxylation is 1. The molecule has 1 aromatic carbocycles. The van der Waals surface area contributed by atoms with Crippen LogP contribution in [-0.4, -0.2) is 41.9 Å². The number of nitrogens with zero attached hydrogens (tertiary/aromatic N) is 6. The summed E-state index contributed by atoms with van der Waals surface area (Å²) >= 11 is 0. The number of hydrogen-bond acceptors (Lipinski definition) is 5. The molecule has 0 bridgehead atoms. The highest BCUT2D eigenvalue weighted by Crippen LogP contribution is 2.30. The van der Waals surface area contributed by atoms with Gasteiger partial charge in [0.1, 0.15) is 0 Å². The molecule has 0 unspecified atom stereocenters. The van der Waals surface area contributed by atoms with Gasteiger partial charge in [0.05, 0.1) is 37.6 Å². The Balaban J connectivity index is 1.47. The Morgan fingerprint density at radius 1 is 1.26 bits per heavy atom. The van der Waals surface area contributed by atoms with E-state index >= 15 is 0 Å². The van der Waals surface area contributed by atoms with Crippen LogP contribution >= 0.6 is 0 Å². The van der Waals surface area contributed by atoms with Crippen LogP contribution in [0.25, 0.3) is 11.4 Å². The van der Waals surface area contributed by atoms with E-state index in [9.17, 15) is 4.79 Å². The molecule has 0 aliphatic carbocycles. The van der Waals surface area contributed by atoms with E-state index in [1.807, 2.05) is 36.3 Å². The standard InChI is InChI=1S/C19H20N6O2/c1-12-7-24(19(26)15-5-3-4-13-10-27-11-16(13)15)9-17-21-22-18(25(12)17)14-6-20-23(2)8-14/h3-6,8,12H,7,9-11H2,1-2H3/t12-/m0/s1. The van der Waals surface area contributed by atoms with Crippen LogP contribution in [0.1, 0.15) is 40.3 Å². The highest BCUT2D eigenvalue weighted by atomic mass is 16.5. The molecule has 138 valence electrons. The highest BCUT2D eigenvalue weighted by molar-refractivity contribution is 5.96. The van der Waals surface area contributed by atoms with Crippen molar-refractivity contribution >= 4 is 5.91 Å². The number of carbonyl (C=O) groups excluding carboxylic acids is 1. The van der Waals surface area contributed by atoms with Crippen LogP contribution in [-0.2, 0) is 31.5 Å². The number of aromatic nitrogens is 5. The summed E-state index contributed by atoms with van der Waals surface area (Å²) in [4.78, 5) is 15.1. The van der Waals surface area contributed by atoms with E-state index in [0.717, 1.165) is 33.9 Å². The summed E-state index contributed by atoms with van der Waals surface area (Å²) in [6, 6.07) is 5.92. The second-order valence-corrected chi connectivity index (χ2v) is 7.18. The van der Waals surface area contributed by atoms with Gasteiger partial charge in [0.15, 0.2) is 11.6 Å². The average molecular weight is 364 g/mol. The Labute approximate surface area is 156 Å². The maximum atomic E-state index is 13.2. The number of ether oxygens (including phenoxy) is 1. The molecular formula is C19H20N6O2. The predicted molar refractivity (Wildman–Crippen MR) is 96.6 cm³/mol. The molecule has 0 spiro atoms. The van der Waals surface area contributed by atoms with Gasteiger partial charge in [-0.25, -0.2) is 0 Å². The molecule has 0 radical (unpaired) electrons. The second kappa shape index (κ2) is 6.02. The largest absolute Gasteiger partial charge is 0.372 e. The predicted octanol–water partition coefficient (Wildman–Crippen LogP) is 1.93. The van der Waals surface area contributed by atoms with Gasteiger partial charge in [-0.1, -0.05) is 12.1 Å². The molecule has 1 amide bonds. The van der Waals surface area contributed by atoms with E-state index in [-0.39, 0.29) is 11.9 Å². The van der Waals surface area contributed by atoms with E-state index in [1.54, 1.807) is 10.9 Å². The van der Waals surface area contributed by atoms with Crippen LogP contribution in [0, 0.1) is 0 Å². The summed E-state index contributed by atoms with van der Waals surface area (Å²) in [6.07, 6.45) is 3.71. The maximum Gasteiger partial charge on any atom is 0.254 e. The van der Waals surface area contributed by atoms with E-state index in [0.29, 0.717) is 26.3 Å². The van der Waals surface area contributed by atoms with Gasteiger partial charge in [0, 0.05) is 25.4 Å². The summed E-state index contributed by atoms with van der Waals surface area (Å²) in [7, 11) is 1.88. The van der Waals surface area contributed by atoms with Gasteiger partial charge in [0.2, 0.25) is 0 Å². The number of carbonyl (C=O) groups is 1. The van der Waals surface area contributed by atoms with Gasteiger partial charge < -0.3 is 14.2 Å². The molecule has 2 aliphatic rings. The lowest BCUT2D eigenvalue weighted by Gasteiger charge is -2.33. The first-order valence-corrected chi connectivity index (χ1v) is 9.02. The fourth-order valence-corrected chi connectivity index (χ4v) is 3.99. The van der Waals surface area contributed by atoms with Crippen LogP contribution < -0.4 is 0 Å². The normalized spacial score (nSPS) is 18.4. The highest BCUT2D eigenvalue weighted by Gasteiger charge is 2.32. The quantitative estimate of drug-likeness (QED) is 0.694. The number of amides is 1. The van der Waals surface area contributed by atoms with Crippen molar-refractivity contribution in [1.29, 1.82) is 0 Å². The lowest BCUT2D eigenvalue weighted by Crippen LogP contribution is -2.40. The van der Waals surface area contributed by atoms with Crippen molar-refractivity contribution < 1.29 is 9.53 Å². The van der Waals surface area contributed by atoms with Crippen molar-refractivity contribution in [3.8, 4) is 11.4 Å². The first-order valence-electron chi connectivity index (χ1n) is 9.02. The van der Waals surface area contributed by atoms with Crippen LogP contribution in [0.4, 0.5) is 0 Å². The molecule has 0 saturated heterocycles. The lowest BCUT2D eigenvalue weighted by molar-refractivity contribution is 0.0678. The summed E-state index contributed by atoms with van der Waals surface area (Å²) in [6.45, 7) is 4.23. The van der Waals surface area contributed by atoms with Gasteiger partial charge in [-0.15, -0.1) is 10.2 Å². The lowest BCUT2D eigenvalue weighted by atomic mass is 10.0. The van der Waals surface area contributed by atoms with Crippen LogP contribution in [0.5, 0.6) is 0 Å². The first kappa shape index (κ1) is 16.2. The van der Waals surface area contributed by atoms with Crippen molar-refractivity contribution in [3.05, 3.63) is 53.1 Å². The van der Waals surface area contributed by atoms with Crippen molar-refractivity contribution in [1.82, 2.24) is 29.4 Å². The maximum absolute atomic E-state index is 13.2. The van der Waals surface area contributed by atoms with Crippen LogP contribution in [0.2, 0.25) is 0 Å². The molecule has 5 rings (SSSR count). The Hall–Kier alpha value is -3.00. The van der Waals surface area contributed by atoms with Crippen molar-refractivity contribution in [2.45, 2.75) is 32.7 Å². The molecule has 2 aromatic heterocycles. The molecule has 0 fully saturated rings. The van der Waals surface area contributed by atoms with E-state index in [2.05, 4.69) is 26.8 Å². The van der Waals surface area contributed by atoms with Gasteiger partial charge in [-0.2, -0.15) is 5.10 Å². The molecule has 4 heterocycles. The average Bonchev–Trinajstić information content (AvgIpc) is 3.39. The summed E-state index contributed by atoms with van der Waals surface area (Å²) < 4.78 is 9.38. The molecular weight excluding hydrogens is 344 g/mol. The number of rotatable bonds is 2. The van der Waals surface area contributed by atoms with Crippen molar-refractivity contribution in [3.63, 3.8) is 0 Å². The first-order chi connectivity index (χ1) is 13.1. The van der Waals surface area contributed by atoms with Crippen molar-refractivity contribution in [2.75, 3.05) is 6.54 Å². The molecule has 8 nitrogen and oxygen atoms in total. The fourth-order valence-electron chi connectivity index (χ4n) is 3.99. The summed E-state index contributed by atoms with van der Waals surface area (Å²) in [5, 5.41) is 12.9. The molecule has 0 saturated carbocycles. The Bertz CT molecular complexity index is 1040. The zero-order valence-electron chi connectivity index (χ0n) is 15.3. The van der Waals surface area contributed by atoms with E-state index in [1.165, 1.54) is 0 Å². The summed E-state index contributed by atoms with van der Waals surface area (Å²) in [5.74, 6) is 1.62. The molecule has 27 heavy (non-hydrogen) atoms. The minimum Gasteiger partial charge on any atom is -0.372 e. The minimum atomic E-state index is 0.0291. The number of fused-ring (bicyclic) bond motifs is 2. The third-order valence-electron chi connectivity index (χ3n) is 5.28. The van der Waals surface area contributed by atoms with Crippen molar-refractivity contribution in [2.24, 2.45) is 7.05 Å². The Morgan fingerprint density at radius 2 is 2.15 bits per heavy atom. The number of benzene rings is 1. The second-order valence-electron chi connectivity index (χ2n) is 7.18.